The summed E-state index contributed by atoms with van der Waals surface area (Å²) in [4.78, 5) is 38.0. The maximum absolute atomic E-state index is 12.9. The Morgan fingerprint density at radius 3 is 2.77 bits per heavy atom. The maximum atomic E-state index is 12.9. The summed E-state index contributed by atoms with van der Waals surface area (Å²) in [5, 5.41) is 17.0. The molecule has 0 aliphatic carbocycles. The molecule has 0 bridgehead atoms. The first kappa shape index (κ1) is 19.7. The van der Waals surface area contributed by atoms with E-state index in [0.29, 0.717) is 42.9 Å². The Balaban J connectivity index is 1.23. The standard InChI is InChI=1S/C21H24N6O4/c28-17-4-3-16(18(29)24-17)27-11-14-2-1-12(9-15(14)20(27)30)10-23-21-26-25-19(31-21)13-5-7-22-8-6-13/h1-2,9,13,16,22H,3-8,10-11H2,(H,23,26)(H,24,28,29). The zero-order valence-corrected chi connectivity index (χ0v) is 17.0. The molecule has 4 heterocycles. The average molecular weight is 424 g/mol. The number of nitrogens with zero attached hydrogens (tertiary/aromatic N) is 3. The summed E-state index contributed by atoms with van der Waals surface area (Å²) in [6.45, 7) is 2.72. The van der Waals surface area contributed by atoms with Gasteiger partial charge in [-0.15, -0.1) is 5.10 Å². The van der Waals surface area contributed by atoms with E-state index in [1.54, 1.807) is 4.90 Å². The number of hydrogen-bond donors (Lipinski definition) is 3. The number of amides is 3. The minimum Gasteiger partial charge on any atom is -0.408 e. The third-order valence-corrected chi connectivity index (χ3v) is 6.17. The van der Waals surface area contributed by atoms with Gasteiger partial charge in [0.15, 0.2) is 0 Å². The van der Waals surface area contributed by atoms with Crippen molar-refractivity contribution in [3.8, 4) is 0 Å². The van der Waals surface area contributed by atoms with E-state index in [2.05, 4.69) is 26.1 Å². The predicted molar refractivity (Wildman–Crippen MR) is 109 cm³/mol. The molecular weight excluding hydrogens is 400 g/mol. The number of carbonyl (C=O) groups is 3. The van der Waals surface area contributed by atoms with Crippen molar-refractivity contribution in [2.45, 2.75) is 50.7 Å². The van der Waals surface area contributed by atoms with E-state index in [9.17, 15) is 14.4 Å². The van der Waals surface area contributed by atoms with Crippen LogP contribution in [0.2, 0.25) is 0 Å². The van der Waals surface area contributed by atoms with E-state index in [1.807, 2.05) is 18.2 Å². The Kier molecular flexibility index (Phi) is 5.14. The number of fused-ring (bicyclic) bond motifs is 1. The Morgan fingerprint density at radius 2 is 1.97 bits per heavy atom. The highest BCUT2D eigenvalue weighted by Gasteiger charge is 2.39. The summed E-state index contributed by atoms with van der Waals surface area (Å²) in [5.41, 5.74) is 2.37. The van der Waals surface area contributed by atoms with Crippen LogP contribution < -0.4 is 16.0 Å². The van der Waals surface area contributed by atoms with Gasteiger partial charge in [-0.1, -0.05) is 17.2 Å². The largest absolute Gasteiger partial charge is 0.408 e. The zero-order valence-electron chi connectivity index (χ0n) is 17.0. The molecule has 2 aromatic rings. The Hall–Kier alpha value is -3.27. The molecule has 10 nitrogen and oxygen atoms in total. The van der Waals surface area contributed by atoms with Crippen molar-refractivity contribution in [2.75, 3.05) is 18.4 Å². The van der Waals surface area contributed by atoms with Crippen LogP contribution in [0.4, 0.5) is 6.01 Å². The summed E-state index contributed by atoms with van der Waals surface area (Å²) in [6.07, 6.45) is 2.57. The van der Waals surface area contributed by atoms with Gasteiger partial charge in [-0.05, 0) is 49.5 Å². The van der Waals surface area contributed by atoms with Crippen LogP contribution in [0.15, 0.2) is 22.6 Å². The first-order chi connectivity index (χ1) is 15.1. The van der Waals surface area contributed by atoms with E-state index < -0.39 is 11.9 Å². The van der Waals surface area contributed by atoms with Gasteiger partial charge >= 0.3 is 6.01 Å². The Morgan fingerprint density at radius 1 is 1.13 bits per heavy atom. The van der Waals surface area contributed by atoms with E-state index in [4.69, 9.17) is 4.42 Å². The fourth-order valence-corrected chi connectivity index (χ4v) is 4.43. The van der Waals surface area contributed by atoms with Gasteiger partial charge in [0.1, 0.15) is 6.04 Å². The molecule has 31 heavy (non-hydrogen) atoms. The smallest absolute Gasteiger partial charge is 0.315 e. The van der Waals surface area contributed by atoms with Gasteiger partial charge in [0.05, 0.1) is 0 Å². The fraction of sp³-hybridized carbons (Fsp3) is 0.476. The van der Waals surface area contributed by atoms with Crippen molar-refractivity contribution in [1.82, 2.24) is 25.7 Å². The van der Waals surface area contributed by atoms with Crippen molar-refractivity contribution < 1.29 is 18.8 Å². The lowest BCUT2D eigenvalue weighted by Gasteiger charge is -2.29. The second kappa shape index (κ2) is 8.10. The number of benzene rings is 1. The number of anilines is 1. The van der Waals surface area contributed by atoms with E-state index in [-0.39, 0.29) is 18.2 Å². The molecular formula is C21H24N6O4. The summed E-state index contributed by atoms with van der Waals surface area (Å²) >= 11 is 0. The second-order valence-electron chi connectivity index (χ2n) is 8.21. The Labute approximate surface area is 178 Å². The molecule has 2 fully saturated rings. The minimum absolute atomic E-state index is 0.183. The molecule has 3 aliphatic heterocycles. The molecule has 3 amide bonds. The molecule has 0 saturated carbocycles. The molecule has 3 N–H and O–H groups in total. The van der Waals surface area contributed by atoms with Gasteiger partial charge < -0.3 is 20.0 Å². The lowest BCUT2D eigenvalue weighted by molar-refractivity contribution is -0.136. The summed E-state index contributed by atoms with van der Waals surface area (Å²) in [7, 11) is 0. The van der Waals surface area contributed by atoms with Gasteiger partial charge in [0.25, 0.3) is 5.91 Å². The predicted octanol–water partition coefficient (Wildman–Crippen LogP) is 0.910. The van der Waals surface area contributed by atoms with Crippen LogP contribution in [0.3, 0.4) is 0 Å². The second-order valence-corrected chi connectivity index (χ2v) is 8.21. The summed E-state index contributed by atoms with van der Waals surface area (Å²) in [6, 6.07) is 5.44. The molecule has 1 aromatic carbocycles. The number of aromatic nitrogens is 2. The molecule has 5 rings (SSSR count). The van der Waals surface area contributed by atoms with E-state index in [0.717, 1.165) is 37.1 Å². The average Bonchev–Trinajstić information content (AvgIpc) is 3.38. The lowest BCUT2D eigenvalue weighted by atomic mass is 9.98. The molecule has 2 saturated heterocycles. The van der Waals surface area contributed by atoms with Gasteiger partial charge in [0.2, 0.25) is 17.7 Å². The SMILES string of the molecule is O=C1CCC(N2Cc3ccc(CNc4nnc(C5CCNCC5)o4)cc3C2=O)C(=O)N1. The Bertz CT molecular complexity index is 1030. The number of piperidine rings is 2. The molecule has 1 atom stereocenters. The first-order valence-corrected chi connectivity index (χ1v) is 10.6. The number of imide groups is 1. The normalized spacial score (nSPS) is 21.9. The molecule has 1 unspecified atom stereocenters. The minimum atomic E-state index is -0.606. The van der Waals surface area contributed by atoms with Crippen molar-refractivity contribution >= 4 is 23.7 Å². The zero-order chi connectivity index (χ0) is 21.4. The van der Waals surface area contributed by atoms with Crippen LogP contribution in [-0.2, 0) is 22.7 Å². The van der Waals surface area contributed by atoms with Crippen LogP contribution >= 0.6 is 0 Å². The van der Waals surface area contributed by atoms with Crippen LogP contribution in [0.1, 0.15) is 59.0 Å². The van der Waals surface area contributed by atoms with Crippen LogP contribution in [0, 0.1) is 0 Å². The molecule has 1 aromatic heterocycles. The molecule has 0 spiro atoms. The quantitative estimate of drug-likeness (QED) is 0.604. The van der Waals surface area contributed by atoms with Gasteiger partial charge in [-0.25, -0.2) is 0 Å². The van der Waals surface area contributed by atoms with Gasteiger partial charge in [0, 0.05) is 31.0 Å². The van der Waals surface area contributed by atoms with Crippen molar-refractivity contribution in [2.24, 2.45) is 0 Å². The van der Waals surface area contributed by atoms with Gasteiger partial charge in [-0.2, -0.15) is 0 Å². The lowest BCUT2D eigenvalue weighted by Crippen LogP contribution is -2.52. The van der Waals surface area contributed by atoms with Gasteiger partial charge in [-0.3, -0.25) is 19.7 Å². The number of rotatable bonds is 5. The number of hydrogen-bond acceptors (Lipinski definition) is 8. The van der Waals surface area contributed by atoms with E-state index in [1.165, 1.54) is 0 Å². The summed E-state index contributed by atoms with van der Waals surface area (Å²) < 4.78 is 5.77. The topological polar surface area (TPSA) is 129 Å². The van der Waals surface area contributed by atoms with Crippen LogP contribution in [0.25, 0.3) is 0 Å². The van der Waals surface area contributed by atoms with E-state index >= 15 is 0 Å². The highest BCUT2D eigenvalue weighted by Crippen LogP contribution is 2.29. The highest BCUT2D eigenvalue weighted by molar-refractivity contribution is 6.05. The number of nitrogens with one attached hydrogen (secondary N) is 3. The van der Waals surface area contributed by atoms with Crippen molar-refractivity contribution in [3.05, 3.63) is 40.8 Å². The third-order valence-electron chi connectivity index (χ3n) is 6.17. The van der Waals surface area contributed by atoms with Crippen molar-refractivity contribution in [1.29, 1.82) is 0 Å². The fourth-order valence-electron chi connectivity index (χ4n) is 4.43. The molecule has 162 valence electrons. The maximum Gasteiger partial charge on any atom is 0.315 e. The summed E-state index contributed by atoms with van der Waals surface area (Å²) in [5.74, 6) is 0.0777. The first-order valence-electron chi connectivity index (χ1n) is 10.6. The molecule has 10 heteroatoms. The monoisotopic (exact) mass is 424 g/mol. The molecule has 3 aliphatic rings. The highest BCUT2D eigenvalue weighted by atomic mass is 16.4. The van der Waals surface area contributed by atoms with Crippen LogP contribution in [0.5, 0.6) is 0 Å². The number of carbonyl (C=O) groups excluding carboxylic acids is 3. The third kappa shape index (κ3) is 3.90. The molecule has 0 radical (unpaired) electrons. The van der Waals surface area contributed by atoms with Crippen LogP contribution in [-0.4, -0.2) is 52.0 Å². The van der Waals surface area contributed by atoms with Crippen molar-refractivity contribution in [3.63, 3.8) is 0 Å².